The Bertz CT molecular complexity index is 707. The van der Waals surface area contributed by atoms with Gasteiger partial charge in [-0.1, -0.05) is 31.2 Å². The molecule has 21 heavy (non-hydrogen) atoms. The maximum absolute atomic E-state index is 12.4. The lowest BCUT2D eigenvalue weighted by atomic mass is 9.93. The Kier molecular flexibility index (Phi) is 4.66. The molecule has 4 heteroatoms. The maximum Gasteiger partial charge on any atom is 0.197 e. The Hall–Kier alpha value is -2.25. The van der Waals surface area contributed by atoms with Crippen LogP contribution < -0.4 is 0 Å². The third-order valence-corrected chi connectivity index (χ3v) is 4.30. The third-order valence-electron chi connectivity index (χ3n) is 3.28. The van der Waals surface area contributed by atoms with Crippen LogP contribution in [-0.2, 0) is 6.42 Å². The average molecular weight is 297 g/mol. The number of carbonyl (C=O) groups is 2. The van der Waals surface area contributed by atoms with Crippen molar-refractivity contribution in [2.24, 2.45) is 5.92 Å². The first kappa shape index (κ1) is 15.1. The van der Waals surface area contributed by atoms with E-state index in [1.165, 1.54) is 11.3 Å². The molecule has 0 bridgehead atoms. The number of rotatable bonds is 5. The summed E-state index contributed by atoms with van der Waals surface area (Å²) < 4.78 is 0. The van der Waals surface area contributed by atoms with Crippen LogP contribution in [0.25, 0.3) is 0 Å². The molecule has 1 aromatic carbocycles. The highest BCUT2D eigenvalue weighted by atomic mass is 32.1. The second-order valence-corrected chi connectivity index (χ2v) is 6.04. The molecule has 106 valence electrons. The molecule has 2 aromatic rings. The Morgan fingerprint density at radius 3 is 2.29 bits per heavy atom. The highest BCUT2D eigenvalue weighted by Crippen LogP contribution is 2.21. The lowest BCUT2D eigenvalue weighted by molar-refractivity contribution is 0.0848. The monoisotopic (exact) mass is 297 g/mol. The standard InChI is InChI=1S/C17H15NO2S/c1-3-12-5-7-13(8-6-12)16(19)14(10-18)17(20)15-9-4-11(2)21-15/h4-9,14H,3H2,1-2H3/t14-/m1/s1. The van der Waals surface area contributed by atoms with Crippen LogP contribution in [0.5, 0.6) is 0 Å². The molecule has 2 rings (SSSR count). The number of nitriles is 1. The predicted octanol–water partition coefficient (Wildman–Crippen LogP) is 3.82. The summed E-state index contributed by atoms with van der Waals surface area (Å²) in [6.07, 6.45) is 0.879. The van der Waals surface area contributed by atoms with E-state index in [0.29, 0.717) is 10.4 Å². The zero-order valence-corrected chi connectivity index (χ0v) is 12.7. The average Bonchev–Trinajstić information content (AvgIpc) is 2.94. The summed E-state index contributed by atoms with van der Waals surface area (Å²) in [5.41, 5.74) is 1.51. The summed E-state index contributed by atoms with van der Waals surface area (Å²) in [4.78, 5) is 26.1. The summed E-state index contributed by atoms with van der Waals surface area (Å²) in [5, 5.41) is 9.21. The molecule has 0 saturated heterocycles. The van der Waals surface area contributed by atoms with Crippen molar-refractivity contribution in [2.75, 3.05) is 0 Å². The van der Waals surface area contributed by atoms with Crippen LogP contribution in [0, 0.1) is 24.2 Å². The van der Waals surface area contributed by atoms with E-state index in [2.05, 4.69) is 0 Å². The van der Waals surface area contributed by atoms with Gasteiger partial charge in [-0.2, -0.15) is 5.26 Å². The van der Waals surface area contributed by atoms with Crippen LogP contribution in [-0.4, -0.2) is 11.6 Å². The number of thiophene rings is 1. The number of aryl methyl sites for hydroxylation is 2. The van der Waals surface area contributed by atoms with Crippen molar-refractivity contribution in [1.82, 2.24) is 0 Å². The van der Waals surface area contributed by atoms with Crippen molar-refractivity contribution in [1.29, 1.82) is 5.26 Å². The molecule has 1 atom stereocenters. The number of ketones is 2. The number of nitrogens with zero attached hydrogens (tertiary/aromatic N) is 1. The van der Waals surface area contributed by atoms with Crippen LogP contribution in [0.15, 0.2) is 36.4 Å². The molecule has 0 aliphatic heterocycles. The number of carbonyl (C=O) groups excluding carboxylic acids is 2. The van der Waals surface area contributed by atoms with E-state index in [0.717, 1.165) is 16.9 Å². The topological polar surface area (TPSA) is 57.9 Å². The Morgan fingerprint density at radius 2 is 1.81 bits per heavy atom. The molecule has 0 spiro atoms. The Balaban J connectivity index is 2.26. The van der Waals surface area contributed by atoms with Crippen molar-refractivity contribution < 1.29 is 9.59 Å². The van der Waals surface area contributed by atoms with Crippen molar-refractivity contribution in [2.45, 2.75) is 20.3 Å². The predicted molar refractivity (Wildman–Crippen MR) is 82.6 cm³/mol. The summed E-state index contributed by atoms with van der Waals surface area (Å²) in [6.45, 7) is 3.91. The Morgan fingerprint density at radius 1 is 1.14 bits per heavy atom. The first-order valence-electron chi connectivity index (χ1n) is 6.70. The van der Waals surface area contributed by atoms with Gasteiger partial charge in [0.05, 0.1) is 10.9 Å². The fourth-order valence-electron chi connectivity index (χ4n) is 2.02. The SMILES string of the molecule is CCc1ccc(C(=O)[C@@H](C#N)C(=O)c2ccc(C)s2)cc1. The van der Waals surface area contributed by atoms with Gasteiger partial charge in [-0.3, -0.25) is 9.59 Å². The number of hydrogen-bond donors (Lipinski definition) is 0. The summed E-state index contributed by atoms with van der Waals surface area (Å²) in [5.74, 6) is -2.12. The van der Waals surface area contributed by atoms with E-state index < -0.39 is 17.5 Å². The molecule has 0 aliphatic carbocycles. The molecular weight excluding hydrogens is 282 g/mol. The maximum atomic E-state index is 12.4. The van der Waals surface area contributed by atoms with E-state index in [1.807, 2.05) is 38.1 Å². The van der Waals surface area contributed by atoms with Gasteiger partial charge in [0, 0.05) is 10.4 Å². The molecule has 0 radical (unpaired) electrons. The lowest BCUT2D eigenvalue weighted by Crippen LogP contribution is -2.22. The summed E-state index contributed by atoms with van der Waals surface area (Å²) in [7, 11) is 0. The van der Waals surface area contributed by atoms with Gasteiger partial charge in [-0.15, -0.1) is 11.3 Å². The number of hydrogen-bond acceptors (Lipinski definition) is 4. The molecule has 0 aliphatic rings. The molecule has 3 nitrogen and oxygen atoms in total. The quantitative estimate of drug-likeness (QED) is 0.622. The highest BCUT2D eigenvalue weighted by Gasteiger charge is 2.29. The third kappa shape index (κ3) is 3.26. The van der Waals surface area contributed by atoms with Crippen LogP contribution in [0.2, 0.25) is 0 Å². The highest BCUT2D eigenvalue weighted by molar-refractivity contribution is 7.14. The van der Waals surface area contributed by atoms with E-state index in [9.17, 15) is 14.9 Å². The van der Waals surface area contributed by atoms with E-state index in [4.69, 9.17) is 0 Å². The second-order valence-electron chi connectivity index (χ2n) is 4.75. The summed E-state index contributed by atoms with van der Waals surface area (Å²) >= 11 is 1.31. The van der Waals surface area contributed by atoms with Crippen LogP contribution in [0.1, 0.15) is 37.4 Å². The minimum atomic E-state index is -1.27. The van der Waals surface area contributed by atoms with Crippen LogP contribution in [0.4, 0.5) is 0 Å². The van der Waals surface area contributed by atoms with Crippen molar-refractivity contribution in [3.05, 3.63) is 57.3 Å². The van der Waals surface area contributed by atoms with Gasteiger partial charge in [0.25, 0.3) is 0 Å². The zero-order valence-electron chi connectivity index (χ0n) is 11.9. The van der Waals surface area contributed by atoms with E-state index in [-0.39, 0.29) is 0 Å². The van der Waals surface area contributed by atoms with E-state index >= 15 is 0 Å². The smallest absolute Gasteiger partial charge is 0.197 e. The second kappa shape index (κ2) is 6.47. The molecule has 0 unspecified atom stereocenters. The zero-order chi connectivity index (χ0) is 15.4. The van der Waals surface area contributed by atoms with Crippen molar-refractivity contribution >= 4 is 22.9 Å². The van der Waals surface area contributed by atoms with Gasteiger partial charge in [-0.25, -0.2) is 0 Å². The number of benzene rings is 1. The molecule has 0 saturated carbocycles. The van der Waals surface area contributed by atoms with Crippen LogP contribution in [0.3, 0.4) is 0 Å². The van der Waals surface area contributed by atoms with E-state index in [1.54, 1.807) is 18.2 Å². The fourth-order valence-corrected chi connectivity index (χ4v) is 2.85. The van der Waals surface area contributed by atoms with Gasteiger partial charge in [0.1, 0.15) is 0 Å². The van der Waals surface area contributed by atoms with Crippen molar-refractivity contribution in [3.63, 3.8) is 0 Å². The molecule has 1 aromatic heterocycles. The van der Waals surface area contributed by atoms with Gasteiger partial charge in [-0.05, 0) is 31.0 Å². The van der Waals surface area contributed by atoms with Gasteiger partial charge < -0.3 is 0 Å². The largest absolute Gasteiger partial charge is 0.292 e. The van der Waals surface area contributed by atoms with Gasteiger partial charge >= 0.3 is 0 Å². The lowest BCUT2D eigenvalue weighted by Gasteiger charge is -2.07. The summed E-state index contributed by atoms with van der Waals surface area (Å²) in [6, 6.07) is 12.4. The first-order valence-corrected chi connectivity index (χ1v) is 7.52. The normalized spacial score (nSPS) is 11.7. The molecule has 0 N–H and O–H groups in total. The van der Waals surface area contributed by atoms with Crippen molar-refractivity contribution in [3.8, 4) is 6.07 Å². The van der Waals surface area contributed by atoms with Crippen LogP contribution >= 0.6 is 11.3 Å². The van der Waals surface area contributed by atoms with Gasteiger partial charge in [0.2, 0.25) is 0 Å². The first-order chi connectivity index (χ1) is 10.1. The Labute approximate surface area is 127 Å². The molecule has 0 fully saturated rings. The van der Waals surface area contributed by atoms with Gasteiger partial charge in [0.15, 0.2) is 17.5 Å². The fraction of sp³-hybridized carbons (Fsp3) is 0.235. The number of Topliss-reactive ketones (excluding diaryl/α,β-unsaturated/α-hetero) is 2. The minimum absolute atomic E-state index is 0.403. The molecular formula is C17H15NO2S. The molecule has 0 amide bonds. The molecule has 1 heterocycles. The minimum Gasteiger partial charge on any atom is -0.292 e.